The molecule has 6 aromatic carbocycles. The number of imidazole rings is 2. The molecule has 0 saturated heterocycles. The zero-order valence-corrected chi connectivity index (χ0v) is 55.2. The van der Waals surface area contributed by atoms with Crippen molar-refractivity contribution in [3.05, 3.63) is 198 Å². The van der Waals surface area contributed by atoms with Crippen molar-refractivity contribution in [3.63, 3.8) is 0 Å². The van der Waals surface area contributed by atoms with E-state index in [0.717, 1.165) is 4.47 Å². The molecule has 1 fully saturated rings. The number of aromatic nitrogens is 7. The van der Waals surface area contributed by atoms with Crippen LogP contribution in [-0.2, 0) is 41.8 Å². The van der Waals surface area contributed by atoms with Gasteiger partial charge in [-0.05, 0) is 134 Å². The van der Waals surface area contributed by atoms with E-state index in [1.54, 1.807) is 90.8 Å². The number of ketones is 3. The molecule has 4 heterocycles. The minimum Gasteiger partial charge on any atom is -0.394 e. The second-order valence-electron chi connectivity index (χ2n) is 21.0. The van der Waals surface area contributed by atoms with Gasteiger partial charge in [0.15, 0.2) is 23.2 Å². The van der Waals surface area contributed by atoms with Crippen LogP contribution in [0.3, 0.4) is 0 Å². The number of benzene rings is 6. The number of carbonyl (C=O) groups is 3. The topological polar surface area (TPSA) is 248 Å². The van der Waals surface area contributed by atoms with Gasteiger partial charge in [-0.1, -0.05) is 55.6 Å². The Morgan fingerprint density at radius 1 is 0.703 bits per heavy atom. The number of Topliss-reactive ketones (excluding diaryl/α,β-unsaturated/α-hetero) is 3. The third-order valence-corrected chi connectivity index (χ3v) is 16.4. The Labute approximate surface area is 550 Å². The van der Waals surface area contributed by atoms with Gasteiger partial charge in [-0.25, -0.2) is 32.3 Å². The number of nitrogens with one attached hydrogen (secondary N) is 3. The van der Waals surface area contributed by atoms with Crippen LogP contribution in [0.2, 0.25) is 5.02 Å². The first-order chi connectivity index (χ1) is 43.4. The Kier molecular flexibility index (Phi) is 21.6. The van der Waals surface area contributed by atoms with Gasteiger partial charge in [0, 0.05) is 62.8 Å². The highest BCUT2D eigenvalue weighted by atomic mass is 127. The summed E-state index contributed by atoms with van der Waals surface area (Å²) in [4.78, 5) is 86.0. The van der Waals surface area contributed by atoms with Gasteiger partial charge in [0.25, 0.3) is 11.1 Å². The maximum atomic E-state index is 15.2. The van der Waals surface area contributed by atoms with Crippen LogP contribution >= 0.6 is 66.1 Å². The van der Waals surface area contributed by atoms with E-state index in [1.807, 2.05) is 22.6 Å². The van der Waals surface area contributed by atoms with Crippen LogP contribution in [0.4, 0.5) is 51.8 Å². The number of anilines is 6. The van der Waals surface area contributed by atoms with Crippen LogP contribution in [-0.4, -0.2) is 100 Å². The molecule has 0 atom stereocenters. The third kappa shape index (κ3) is 14.9. The molecule has 11 rings (SSSR count). The summed E-state index contributed by atoms with van der Waals surface area (Å²) in [6.45, 7) is 1.97. The highest BCUT2D eigenvalue weighted by molar-refractivity contribution is 14.1. The van der Waals surface area contributed by atoms with Crippen molar-refractivity contribution in [2.24, 2.45) is 21.1 Å². The number of hydrogen-bond donors (Lipinski definition) is 5. The van der Waals surface area contributed by atoms with Crippen LogP contribution in [0.15, 0.2) is 127 Å². The summed E-state index contributed by atoms with van der Waals surface area (Å²) in [5, 5.41) is 26.6. The van der Waals surface area contributed by atoms with Crippen molar-refractivity contribution in [2.75, 3.05) is 55.6 Å². The van der Waals surface area contributed by atoms with E-state index in [1.165, 1.54) is 70.7 Å². The number of fused-ring (bicyclic) bond motifs is 3. The maximum absolute atomic E-state index is 15.2. The maximum Gasteiger partial charge on any atom is 0.336 e. The third-order valence-electron chi connectivity index (χ3n) is 14.4. The van der Waals surface area contributed by atoms with Gasteiger partial charge in [0.05, 0.1) is 94.8 Å². The predicted octanol–water partition coefficient (Wildman–Crippen LogP) is 11.7. The SMILES string of the molecule is CC(=O)Cc1cccc(-n2c(=O)n(C3CC3)c(=O)c3c(Nc4ccc(I)cc4F)n(C)c(=O)c(C)c32)c1.Cn1cnc2c(F)c(Nc3ccc(Br)cc3Cl)c(C(=O)COCCO)cc21.Cn1cnc2c(F)c(Nc3ccc(Br)cc3F)c(C(=O)COCCO)cc21. The van der Waals surface area contributed by atoms with Crippen molar-refractivity contribution in [1.82, 2.24) is 32.8 Å². The molecule has 0 aliphatic heterocycles. The molecule has 91 heavy (non-hydrogen) atoms. The van der Waals surface area contributed by atoms with Crippen LogP contribution in [0.1, 0.15) is 57.7 Å². The van der Waals surface area contributed by atoms with Crippen LogP contribution < -0.4 is 32.8 Å². The number of carbonyl (C=O) groups excluding carboxylic acids is 3. The predicted molar refractivity (Wildman–Crippen MR) is 354 cm³/mol. The minimum absolute atomic E-state index is 0.00357. The fraction of sp³-hybridized carbons (Fsp3) is 0.238. The molecule has 0 bridgehead atoms. The van der Waals surface area contributed by atoms with Gasteiger partial charge in [0.2, 0.25) is 0 Å². The van der Waals surface area contributed by atoms with Gasteiger partial charge in [-0.15, -0.1) is 0 Å². The molecule has 0 radical (unpaired) electrons. The molecule has 0 spiro atoms. The normalized spacial score (nSPS) is 12.0. The molecule has 1 aliphatic rings. The standard InChI is InChI=1S/C27H24FIN4O4.C18H16BrClFN3O3.C18H16BrF2N3O3/c1-14(34)11-16-5-4-6-19(12-16)32-23-15(2)25(35)31(3)24(30-21-10-7-17(29)13-20(21)28)22(23)26(36)33(27(32)37)18-8-9-18;2*1-24-9-22-18-14(24)7-11(15(26)8-27-5-4-25)17(16(18)21)23-13-3-2-10(19)6-12(13)20/h4-7,10,12-13,18,30H,8-9,11H2,1-3H3;2*2-3,6-7,9,23,25H,4-5,8H2,1H3. The Balaban J connectivity index is 0.000000165. The number of hydrogen-bond acceptors (Lipinski definition) is 15. The van der Waals surface area contributed by atoms with E-state index in [4.69, 9.17) is 31.3 Å². The second-order valence-corrected chi connectivity index (χ2v) is 24.4. The van der Waals surface area contributed by atoms with Crippen LogP contribution in [0, 0.1) is 33.8 Å². The summed E-state index contributed by atoms with van der Waals surface area (Å²) in [7, 11) is 4.89. The molecule has 10 aromatic rings. The van der Waals surface area contributed by atoms with Crippen molar-refractivity contribution in [1.29, 1.82) is 0 Å². The summed E-state index contributed by atoms with van der Waals surface area (Å²) >= 11 is 14.7. The number of ether oxygens (including phenoxy) is 2. The molecule has 0 unspecified atom stereocenters. The zero-order valence-electron chi connectivity index (χ0n) is 49.1. The van der Waals surface area contributed by atoms with Gasteiger partial charge >= 0.3 is 5.69 Å². The number of halogens is 8. The molecule has 4 aromatic heterocycles. The molecule has 474 valence electrons. The average Bonchev–Trinajstić information content (AvgIpc) is 1.49. The van der Waals surface area contributed by atoms with Crippen molar-refractivity contribution >= 4 is 151 Å². The molecule has 5 N–H and O–H groups in total. The summed E-state index contributed by atoms with van der Waals surface area (Å²) in [6.07, 6.45) is 4.45. The molecule has 20 nitrogen and oxygen atoms in total. The van der Waals surface area contributed by atoms with Crippen molar-refractivity contribution < 1.29 is 51.6 Å². The minimum atomic E-state index is -0.763. The van der Waals surface area contributed by atoms with Gasteiger partial charge in [-0.3, -0.25) is 37.7 Å². The molecule has 28 heteroatoms. The lowest BCUT2D eigenvalue weighted by Crippen LogP contribution is -2.41. The summed E-state index contributed by atoms with van der Waals surface area (Å²) < 4.78 is 78.5. The fourth-order valence-corrected chi connectivity index (χ4v) is 11.4. The lowest BCUT2D eigenvalue weighted by molar-refractivity contribution is -0.116. The summed E-state index contributed by atoms with van der Waals surface area (Å²) in [5.41, 5.74) is 1.54. The van der Waals surface area contributed by atoms with E-state index in [2.05, 4.69) is 57.8 Å². The number of aliphatic hydroxyl groups is 2. The number of rotatable bonds is 20. The number of pyridine rings is 1. The fourth-order valence-electron chi connectivity index (χ4n) is 9.87. The van der Waals surface area contributed by atoms with Gasteiger partial charge < -0.3 is 44.8 Å². The lowest BCUT2D eigenvalue weighted by Gasteiger charge is -2.21. The largest absolute Gasteiger partial charge is 0.394 e. The average molecular weight is 1510 g/mol. The van der Waals surface area contributed by atoms with E-state index >= 15 is 8.78 Å². The molecule has 1 saturated carbocycles. The van der Waals surface area contributed by atoms with Crippen molar-refractivity contribution in [2.45, 2.75) is 39.2 Å². The van der Waals surface area contributed by atoms with E-state index in [-0.39, 0.29) is 125 Å². The number of aliphatic hydroxyl groups excluding tert-OH is 2. The monoisotopic (exact) mass is 1510 g/mol. The van der Waals surface area contributed by atoms with E-state index in [0.29, 0.717) is 53.9 Å². The highest BCUT2D eigenvalue weighted by Crippen LogP contribution is 2.37. The van der Waals surface area contributed by atoms with Gasteiger partial charge in [-0.2, -0.15) is 0 Å². The first kappa shape index (κ1) is 67.5. The van der Waals surface area contributed by atoms with Crippen LogP contribution in [0.25, 0.3) is 38.7 Å². The first-order valence-corrected chi connectivity index (χ1v) is 30.8. The lowest BCUT2D eigenvalue weighted by atomic mass is 10.1. The second kappa shape index (κ2) is 29.2. The van der Waals surface area contributed by atoms with E-state index in [9.17, 15) is 37.5 Å². The number of aryl methyl sites for hydroxylation is 3. The quantitative estimate of drug-likeness (QED) is 0.0206. The Morgan fingerprint density at radius 2 is 1.23 bits per heavy atom. The van der Waals surface area contributed by atoms with E-state index < -0.39 is 51.6 Å². The molecular formula is C63H56Br2ClF4IN10O10. The Bertz CT molecular complexity index is 4550. The molecule has 1 aliphatic carbocycles. The zero-order chi connectivity index (χ0) is 65.7. The summed E-state index contributed by atoms with van der Waals surface area (Å²) in [6, 6.07) is 23.6. The molecular weight excluding hydrogens is 1450 g/mol. The Hall–Kier alpha value is -7.90. The highest BCUT2D eigenvalue weighted by Gasteiger charge is 2.32. The number of nitrogens with zero attached hydrogens (tertiary/aromatic N) is 7. The van der Waals surface area contributed by atoms with Gasteiger partial charge in [0.1, 0.15) is 52.9 Å². The molecule has 0 amide bonds. The Morgan fingerprint density at radius 3 is 1.76 bits per heavy atom. The van der Waals surface area contributed by atoms with Crippen molar-refractivity contribution in [3.8, 4) is 5.69 Å². The first-order valence-electron chi connectivity index (χ1n) is 27.8. The van der Waals surface area contributed by atoms with Crippen LogP contribution in [0.5, 0.6) is 0 Å². The summed E-state index contributed by atoms with van der Waals surface area (Å²) in [5.74, 6) is -3.45. The smallest absolute Gasteiger partial charge is 0.336 e.